The molecule has 1 aromatic heterocycles. The van der Waals surface area contributed by atoms with Crippen molar-refractivity contribution in [2.45, 2.75) is 46.1 Å². The van der Waals surface area contributed by atoms with Crippen molar-refractivity contribution in [3.05, 3.63) is 61.6 Å². The average molecular weight is 507 g/mol. The Balaban J connectivity index is 2.17. The zero-order valence-corrected chi connectivity index (χ0v) is 20.3. The topological polar surface area (TPSA) is 65.7 Å². The first-order valence-electron chi connectivity index (χ1n) is 10.1. The lowest BCUT2D eigenvalue weighted by Gasteiger charge is -2.16. The van der Waals surface area contributed by atoms with Crippen LogP contribution in [0.15, 0.2) is 44.7 Å². The van der Waals surface area contributed by atoms with Gasteiger partial charge in [0.05, 0.1) is 30.3 Å². The molecule has 6 nitrogen and oxygen atoms in total. The first-order chi connectivity index (χ1) is 14.8. The molecule has 0 spiro atoms. The van der Waals surface area contributed by atoms with Gasteiger partial charge in [-0.1, -0.05) is 40.9 Å². The Labute approximate surface area is 195 Å². The minimum Gasteiger partial charge on any atom is -0.493 e. The summed E-state index contributed by atoms with van der Waals surface area (Å²) in [6.45, 7) is 5.94. The number of hydrogen-bond acceptors (Lipinski definition) is 5. The number of ether oxygens (including phenoxy) is 2. The third-order valence-corrected chi connectivity index (χ3v) is 5.27. The van der Waals surface area contributed by atoms with Crippen molar-refractivity contribution in [3.63, 3.8) is 0 Å². The van der Waals surface area contributed by atoms with E-state index < -0.39 is 0 Å². The maximum Gasteiger partial charge on any atom is 0.282 e. The second kappa shape index (κ2) is 10.3. The molecule has 164 valence electrons. The van der Waals surface area contributed by atoms with E-state index in [1.54, 1.807) is 31.5 Å². The van der Waals surface area contributed by atoms with Gasteiger partial charge in [0, 0.05) is 27.5 Å². The quantitative estimate of drug-likeness (QED) is 0.360. The van der Waals surface area contributed by atoms with Gasteiger partial charge in [0.2, 0.25) is 0 Å². The molecule has 2 aromatic carbocycles. The van der Waals surface area contributed by atoms with Gasteiger partial charge in [0.1, 0.15) is 5.82 Å². The first kappa shape index (κ1) is 23.3. The standard InChI is InChI=1S/C23H25BrClN3O3/c1-5-6-7-21-27-19-9-8-16(24)11-18(19)23(29)28(21)26-13-15-10-17(25)12-20(30-4)22(15)31-14(2)3/h8-14H,5-7H2,1-4H3. The molecule has 0 saturated carbocycles. The molecule has 1 heterocycles. The van der Waals surface area contributed by atoms with Crippen LogP contribution in [0.5, 0.6) is 11.5 Å². The van der Waals surface area contributed by atoms with Gasteiger partial charge < -0.3 is 9.47 Å². The van der Waals surface area contributed by atoms with Crippen LogP contribution in [0, 0.1) is 0 Å². The van der Waals surface area contributed by atoms with Gasteiger partial charge in [-0.2, -0.15) is 9.78 Å². The molecule has 0 amide bonds. The van der Waals surface area contributed by atoms with E-state index in [4.69, 9.17) is 26.1 Å². The summed E-state index contributed by atoms with van der Waals surface area (Å²) in [6.07, 6.45) is 4.01. The molecular weight excluding hydrogens is 482 g/mol. The van der Waals surface area contributed by atoms with E-state index in [0.29, 0.717) is 45.2 Å². The summed E-state index contributed by atoms with van der Waals surface area (Å²) in [6, 6.07) is 8.88. The fraction of sp³-hybridized carbons (Fsp3) is 0.348. The molecule has 0 fully saturated rings. The van der Waals surface area contributed by atoms with Crippen LogP contribution in [-0.4, -0.2) is 29.1 Å². The van der Waals surface area contributed by atoms with Crippen LogP contribution in [0.2, 0.25) is 5.02 Å². The zero-order valence-electron chi connectivity index (χ0n) is 18.0. The summed E-state index contributed by atoms with van der Waals surface area (Å²) in [5.74, 6) is 1.63. The smallest absolute Gasteiger partial charge is 0.282 e. The monoisotopic (exact) mass is 505 g/mol. The zero-order chi connectivity index (χ0) is 22.5. The van der Waals surface area contributed by atoms with Crippen molar-refractivity contribution < 1.29 is 9.47 Å². The van der Waals surface area contributed by atoms with Crippen molar-refractivity contribution in [3.8, 4) is 11.5 Å². The molecule has 3 rings (SSSR count). The highest BCUT2D eigenvalue weighted by molar-refractivity contribution is 9.10. The van der Waals surface area contributed by atoms with Crippen molar-refractivity contribution in [1.29, 1.82) is 0 Å². The van der Waals surface area contributed by atoms with Gasteiger partial charge in [0.25, 0.3) is 5.56 Å². The molecule has 0 saturated heterocycles. The summed E-state index contributed by atoms with van der Waals surface area (Å²) in [5, 5.41) is 5.47. The SMILES string of the molecule is CCCCc1nc2ccc(Br)cc2c(=O)n1N=Cc1cc(Cl)cc(OC)c1OC(C)C. The number of aromatic nitrogens is 2. The van der Waals surface area contributed by atoms with Gasteiger partial charge in [-0.3, -0.25) is 4.79 Å². The van der Waals surface area contributed by atoms with E-state index in [-0.39, 0.29) is 11.7 Å². The largest absolute Gasteiger partial charge is 0.493 e. The predicted octanol–water partition coefficient (Wildman–Crippen LogP) is 5.83. The minimum absolute atomic E-state index is 0.0789. The number of fused-ring (bicyclic) bond motifs is 1. The minimum atomic E-state index is -0.228. The van der Waals surface area contributed by atoms with E-state index in [9.17, 15) is 4.79 Å². The lowest BCUT2D eigenvalue weighted by Crippen LogP contribution is -2.22. The summed E-state index contributed by atoms with van der Waals surface area (Å²) in [5.41, 5.74) is 1.04. The molecule has 31 heavy (non-hydrogen) atoms. The van der Waals surface area contributed by atoms with E-state index in [0.717, 1.165) is 17.3 Å². The van der Waals surface area contributed by atoms with Crippen LogP contribution in [0.3, 0.4) is 0 Å². The second-order valence-corrected chi connectivity index (χ2v) is 8.70. The lowest BCUT2D eigenvalue weighted by molar-refractivity contribution is 0.230. The van der Waals surface area contributed by atoms with Crippen LogP contribution in [-0.2, 0) is 6.42 Å². The Morgan fingerprint density at radius 2 is 2.06 bits per heavy atom. The van der Waals surface area contributed by atoms with Crippen molar-refractivity contribution >= 4 is 44.6 Å². The van der Waals surface area contributed by atoms with Crippen LogP contribution < -0.4 is 15.0 Å². The highest BCUT2D eigenvalue weighted by Gasteiger charge is 2.15. The Hall–Kier alpha value is -2.38. The number of nitrogens with zero attached hydrogens (tertiary/aromatic N) is 3. The summed E-state index contributed by atoms with van der Waals surface area (Å²) >= 11 is 9.69. The normalized spacial score (nSPS) is 11.6. The van der Waals surface area contributed by atoms with E-state index in [1.807, 2.05) is 26.0 Å². The fourth-order valence-electron chi connectivity index (χ4n) is 3.13. The molecule has 3 aromatic rings. The second-order valence-electron chi connectivity index (χ2n) is 7.35. The van der Waals surface area contributed by atoms with Gasteiger partial charge >= 0.3 is 0 Å². The molecule has 0 atom stereocenters. The summed E-state index contributed by atoms with van der Waals surface area (Å²) in [4.78, 5) is 17.9. The molecule has 0 aliphatic rings. The van der Waals surface area contributed by atoms with Crippen LogP contribution >= 0.6 is 27.5 Å². The molecule has 8 heteroatoms. The van der Waals surface area contributed by atoms with Gasteiger partial charge in [-0.15, -0.1) is 0 Å². The molecule has 0 unspecified atom stereocenters. The van der Waals surface area contributed by atoms with Crippen molar-refractivity contribution in [2.75, 3.05) is 7.11 Å². The number of rotatable bonds is 8. The van der Waals surface area contributed by atoms with E-state index in [1.165, 1.54) is 4.68 Å². The third kappa shape index (κ3) is 5.46. The van der Waals surface area contributed by atoms with Crippen LogP contribution in [0.4, 0.5) is 0 Å². The van der Waals surface area contributed by atoms with Crippen LogP contribution in [0.25, 0.3) is 10.9 Å². The Bertz CT molecular complexity index is 1170. The highest BCUT2D eigenvalue weighted by Crippen LogP contribution is 2.34. The molecule has 0 aliphatic heterocycles. The van der Waals surface area contributed by atoms with Crippen LogP contribution in [0.1, 0.15) is 45.0 Å². The molecule has 0 N–H and O–H groups in total. The maximum atomic E-state index is 13.2. The molecular formula is C23H25BrClN3O3. The lowest BCUT2D eigenvalue weighted by atomic mass is 10.2. The maximum absolute atomic E-state index is 13.2. The Kier molecular flexibility index (Phi) is 7.73. The van der Waals surface area contributed by atoms with Crippen molar-refractivity contribution in [2.24, 2.45) is 5.10 Å². The Morgan fingerprint density at radius 3 is 2.74 bits per heavy atom. The first-order valence-corrected chi connectivity index (χ1v) is 11.3. The highest BCUT2D eigenvalue weighted by atomic mass is 79.9. The number of unbranched alkanes of at least 4 members (excludes halogenated alkanes) is 1. The van der Waals surface area contributed by atoms with Gasteiger partial charge in [0.15, 0.2) is 11.5 Å². The van der Waals surface area contributed by atoms with Crippen molar-refractivity contribution in [1.82, 2.24) is 9.66 Å². The van der Waals surface area contributed by atoms with Gasteiger partial charge in [-0.05, 0) is 44.5 Å². The number of methoxy groups -OCH3 is 1. The average Bonchev–Trinajstić information content (AvgIpc) is 2.73. The fourth-order valence-corrected chi connectivity index (χ4v) is 3.71. The van der Waals surface area contributed by atoms with E-state index in [2.05, 4.69) is 28.0 Å². The van der Waals surface area contributed by atoms with Gasteiger partial charge in [-0.25, -0.2) is 4.98 Å². The van der Waals surface area contributed by atoms with E-state index >= 15 is 0 Å². The number of benzene rings is 2. The molecule has 0 bridgehead atoms. The third-order valence-electron chi connectivity index (χ3n) is 4.56. The molecule has 0 aliphatic carbocycles. The number of halogens is 2. The number of hydrogen-bond donors (Lipinski definition) is 0. The summed E-state index contributed by atoms with van der Waals surface area (Å²) < 4.78 is 13.5. The number of aryl methyl sites for hydroxylation is 1. The Morgan fingerprint density at radius 1 is 1.29 bits per heavy atom. The predicted molar refractivity (Wildman–Crippen MR) is 129 cm³/mol. The summed E-state index contributed by atoms with van der Waals surface area (Å²) in [7, 11) is 1.55. The molecule has 0 radical (unpaired) electrons.